The summed E-state index contributed by atoms with van der Waals surface area (Å²) in [6, 6.07) is 5.53. The van der Waals surface area contributed by atoms with E-state index in [-0.39, 0.29) is 0 Å². The van der Waals surface area contributed by atoms with Gasteiger partial charge >= 0.3 is 0 Å². The maximum atomic E-state index is 6.43. The molecule has 0 aliphatic heterocycles. The minimum atomic E-state index is 0.426. The van der Waals surface area contributed by atoms with Crippen LogP contribution in [0.25, 0.3) is 16.8 Å². The average Bonchev–Trinajstić information content (AvgIpc) is 3.03. The van der Waals surface area contributed by atoms with Gasteiger partial charge in [0.2, 0.25) is 0 Å². The van der Waals surface area contributed by atoms with Gasteiger partial charge in [-0.25, -0.2) is 4.98 Å². The molecule has 0 aliphatic rings. The van der Waals surface area contributed by atoms with Gasteiger partial charge in [-0.1, -0.05) is 29.3 Å². The Balaban J connectivity index is 2.19. The lowest BCUT2D eigenvalue weighted by Crippen LogP contribution is -2.09. The summed E-state index contributed by atoms with van der Waals surface area (Å²) in [6.07, 6.45) is 8.65. The summed E-state index contributed by atoms with van der Waals surface area (Å²) in [4.78, 5) is 4.50. The van der Waals surface area contributed by atoms with E-state index in [1.165, 1.54) is 5.56 Å². The Hall–Kier alpha value is -1.59. The van der Waals surface area contributed by atoms with E-state index in [1.807, 2.05) is 28.9 Å². The van der Waals surface area contributed by atoms with Crippen molar-refractivity contribution in [3.05, 3.63) is 58.0 Å². The van der Waals surface area contributed by atoms with Crippen LogP contribution in [0.5, 0.6) is 0 Å². The summed E-state index contributed by atoms with van der Waals surface area (Å²) in [5.74, 6) is 0. The molecule has 3 rings (SSSR count). The van der Waals surface area contributed by atoms with Gasteiger partial charge in [0.05, 0.1) is 0 Å². The maximum absolute atomic E-state index is 6.43. The normalized spacial score (nSPS) is 11.3. The standard InChI is InChI=1S/C18H20Cl2N4/c19-12-4-5-13(17(20)9-12)16-11-24-8-7-23-18(24)14(15(16)10-22)3-1-2-6-21/h4-5,7-9,11H,1-3,6,10,21-22H2. The molecule has 0 fully saturated rings. The van der Waals surface area contributed by atoms with Crippen molar-refractivity contribution in [3.8, 4) is 11.1 Å². The Morgan fingerprint density at radius 3 is 2.58 bits per heavy atom. The van der Waals surface area contributed by atoms with Crippen LogP contribution in [0.2, 0.25) is 10.0 Å². The topological polar surface area (TPSA) is 69.3 Å². The quantitative estimate of drug-likeness (QED) is 0.649. The summed E-state index contributed by atoms with van der Waals surface area (Å²) in [7, 11) is 0. The molecule has 0 amide bonds. The van der Waals surface area contributed by atoms with Gasteiger partial charge in [-0.2, -0.15) is 0 Å². The van der Waals surface area contributed by atoms with E-state index in [0.717, 1.165) is 41.6 Å². The van der Waals surface area contributed by atoms with E-state index in [9.17, 15) is 0 Å². The molecule has 6 heteroatoms. The van der Waals surface area contributed by atoms with E-state index in [0.29, 0.717) is 23.1 Å². The van der Waals surface area contributed by atoms with Crippen LogP contribution in [0, 0.1) is 0 Å². The molecule has 0 atom stereocenters. The van der Waals surface area contributed by atoms with Gasteiger partial charge in [-0.05, 0) is 43.5 Å². The summed E-state index contributed by atoms with van der Waals surface area (Å²) >= 11 is 12.5. The predicted molar refractivity (Wildman–Crippen MR) is 101 cm³/mol. The van der Waals surface area contributed by atoms with Gasteiger partial charge in [-0.3, -0.25) is 0 Å². The van der Waals surface area contributed by atoms with Crippen LogP contribution in [-0.4, -0.2) is 15.9 Å². The van der Waals surface area contributed by atoms with E-state index >= 15 is 0 Å². The number of unbranched alkanes of at least 4 members (excludes halogenated alkanes) is 1. The van der Waals surface area contributed by atoms with Crippen molar-refractivity contribution in [2.75, 3.05) is 6.54 Å². The first-order valence-electron chi connectivity index (χ1n) is 7.98. The number of aryl methyl sites for hydroxylation is 1. The van der Waals surface area contributed by atoms with Gasteiger partial charge in [0.15, 0.2) is 0 Å². The highest BCUT2D eigenvalue weighted by molar-refractivity contribution is 6.36. The second-order valence-corrected chi connectivity index (χ2v) is 6.58. The number of fused-ring (bicyclic) bond motifs is 1. The number of nitrogens with two attached hydrogens (primary N) is 2. The van der Waals surface area contributed by atoms with E-state index < -0.39 is 0 Å². The van der Waals surface area contributed by atoms with Crippen LogP contribution >= 0.6 is 23.2 Å². The zero-order valence-electron chi connectivity index (χ0n) is 13.3. The monoisotopic (exact) mass is 362 g/mol. The van der Waals surface area contributed by atoms with Crippen LogP contribution in [0.3, 0.4) is 0 Å². The first kappa shape index (κ1) is 17.2. The number of benzene rings is 1. The first-order valence-corrected chi connectivity index (χ1v) is 8.74. The number of hydrogen-bond donors (Lipinski definition) is 2. The van der Waals surface area contributed by atoms with Crippen LogP contribution in [0.1, 0.15) is 24.0 Å². The number of nitrogens with zero attached hydrogens (tertiary/aromatic N) is 2. The third kappa shape index (κ3) is 3.28. The molecule has 3 aromatic rings. The molecule has 0 saturated carbocycles. The molecule has 0 radical (unpaired) electrons. The van der Waals surface area contributed by atoms with Crippen molar-refractivity contribution in [2.45, 2.75) is 25.8 Å². The third-order valence-electron chi connectivity index (χ3n) is 4.20. The second-order valence-electron chi connectivity index (χ2n) is 5.73. The summed E-state index contributed by atoms with van der Waals surface area (Å²) < 4.78 is 2.03. The molecular weight excluding hydrogens is 343 g/mol. The fourth-order valence-corrected chi connectivity index (χ4v) is 3.56. The van der Waals surface area contributed by atoms with Crippen molar-refractivity contribution in [1.29, 1.82) is 0 Å². The molecule has 0 bridgehead atoms. The number of imidazole rings is 1. The lowest BCUT2D eigenvalue weighted by Gasteiger charge is -2.17. The van der Waals surface area contributed by atoms with Gasteiger partial charge in [0.1, 0.15) is 5.65 Å². The number of rotatable bonds is 6. The zero-order chi connectivity index (χ0) is 17.1. The second kappa shape index (κ2) is 7.53. The molecule has 2 aromatic heterocycles. The lowest BCUT2D eigenvalue weighted by atomic mass is 9.95. The van der Waals surface area contributed by atoms with E-state index in [2.05, 4.69) is 4.98 Å². The smallest absolute Gasteiger partial charge is 0.140 e. The molecule has 0 spiro atoms. The first-order chi connectivity index (χ1) is 11.7. The van der Waals surface area contributed by atoms with Gasteiger partial charge < -0.3 is 15.9 Å². The molecule has 4 nitrogen and oxygen atoms in total. The van der Waals surface area contributed by atoms with Gasteiger partial charge in [0.25, 0.3) is 0 Å². The SMILES string of the molecule is NCCCCc1c(CN)c(-c2ccc(Cl)cc2Cl)cn2ccnc12. The lowest BCUT2D eigenvalue weighted by molar-refractivity contribution is 0.739. The van der Waals surface area contributed by atoms with Crippen LogP contribution in [0.4, 0.5) is 0 Å². The van der Waals surface area contributed by atoms with E-state index in [4.69, 9.17) is 34.7 Å². The summed E-state index contributed by atoms with van der Waals surface area (Å²) in [6.45, 7) is 1.11. The van der Waals surface area contributed by atoms with Crippen LogP contribution in [0.15, 0.2) is 36.8 Å². The number of hydrogen-bond acceptors (Lipinski definition) is 3. The molecular formula is C18H20Cl2N4. The molecule has 1 aromatic carbocycles. The predicted octanol–water partition coefficient (Wildman–Crippen LogP) is 4.05. The highest BCUT2D eigenvalue weighted by Crippen LogP contribution is 2.35. The number of aromatic nitrogens is 2. The van der Waals surface area contributed by atoms with Crippen LogP contribution < -0.4 is 11.5 Å². The molecule has 0 aliphatic carbocycles. The van der Waals surface area contributed by atoms with Crippen molar-refractivity contribution in [3.63, 3.8) is 0 Å². The largest absolute Gasteiger partial charge is 0.330 e. The summed E-state index contributed by atoms with van der Waals surface area (Å²) in [5, 5.41) is 1.23. The Kier molecular flexibility index (Phi) is 5.41. The zero-order valence-corrected chi connectivity index (χ0v) is 14.8. The molecule has 0 unspecified atom stereocenters. The molecule has 4 N–H and O–H groups in total. The molecule has 0 saturated heterocycles. The molecule has 24 heavy (non-hydrogen) atoms. The fourth-order valence-electron chi connectivity index (χ4n) is 3.05. The third-order valence-corrected chi connectivity index (χ3v) is 4.75. The number of halogens is 2. The van der Waals surface area contributed by atoms with Crippen molar-refractivity contribution in [1.82, 2.24) is 9.38 Å². The Morgan fingerprint density at radius 2 is 1.88 bits per heavy atom. The van der Waals surface area contributed by atoms with Crippen molar-refractivity contribution >= 4 is 28.8 Å². The van der Waals surface area contributed by atoms with Crippen molar-refractivity contribution in [2.24, 2.45) is 11.5 Å². The van der Waals surface area contributed by atoms with Crippen LogP contribution in [-0.2, 0) is 13.0 Å². The fraction of sp³-hybridized carbons (Fsp3) is 0.278. The van der Waals surface area contributed by atoms with Gasteiger partial charge in [0, 0.05) is 51.9 Å². The minimum Gasteiger partial charge on any atom is -0.330 e. The summed E-state index contributed by atoms with van der Waals surface area (Å²) in [5.41, 5.74) is 16.9. The maximum Gasteiger partial charge on any atom is 0.140 e. The minimum absolute atomic E-state index is 0.426. The number of pyridine rings is 1. The highest BCUT2D eigenvalue weighted by Gasteiger charge is 2.16. The molecule has 126 valence electrons. The average molecular weight is 363 g/mol. The highest BCUT2D eigenvalue weighted by atomic mass is 35.5. The van der Waals surface area contributed by atoms with E-state index in [1.54, 1.807) is 12.3 Å². The Labute approximate surface area is 151 Å². The van der Waals surface area contributed by atoms with Gasteiger partial charge in [-0.15, -0.1) is 0 Å². The van der Waals surface area contributed by atoms with Crippen molar-refractivity contribution < 1.29 is 0 Å². The Morgan fingerprint density at radius 1 is 1.04 bits per heavy atom. The molecule has 2 heterocycles. The Bertz CT molecular complexity index is 858.